The molecule has 1 amide bonds. The molecule has 0 saturated carbocycles. The van der Waals surface area contributed by atoms with Gasteiger partial charge in [-0.1, -0.05) is 6.42 Å². The molecule has 0 aromatic carbocycles. The van der Waals surface area contributed by atoms with Gasteiger partial charge in [-0.2, -0.15) is 0 Å². The molecule has 1 fully saturated rings. The molecule has 1 N–H and O–H groups in total. The van der Waals surface area contributed by atoms with Crippen molar-refractivity contribution in [2.24, 2.45) is 0 Å². The summed E-state index contributed by atoms with van der Waals surface area (Å²) in [6, 6.07) is -0.344. The molecular weight excluding hydrogens is 220 g/mol. The van der Waals surface area contributed by atoms with Crippen LogP contribution in [0.1, 0.15) is 33.1 Å². The maximum atomic E-state index is 11.9. The van der Waals surface area contributed by atoms with Crippen molar-refractivity contribution in [1.82, 2.24) is 9.80 Å². The normalized spacial score (nSPS) is 21.5. The number of likely N-dealkylation sites (N-methyl/N-ethyl adjacent to an activating group) is 1. The van der Waals surface area contributed by atoms with Gasteiger partial charge in [0, 0.05) is 13.1 Å². The number of carbonyl (C=O) groups is 2. The van der Waals surface area contributed by atoms with Crippen LogP contribution in [0.4, 0.5) is 0 Å². The van der Waals surface area contributed by atoms with Crippen molar-refractivity contribution in [2.75, 3.05) is 20.1 Å². The van der Waals surface area contributed by atoms with Gasteiger partial charge in [-0.15, -0.1) is 0 Å². The fraction of sp³-hybridized carbons (Fsp3) is 0.833. The third-order valence-electron chi connectivity index (χ3n) is 3.41. The van der Waals surface area contributed by atoms with E-state index in [2.05, 4.69) is 0 Å². The molecule has 1 aliphatic rings. The van der Waals surface area contributed by atoms with Crippen LogP contribution in [0.3, 0.4) is 0 Å². The molecule has 98 valence electrons. The van der Waals surface area contributed by atoms with Crippen molar-refractivity contribution >= 4 is 11.9 Å². The van der Waals surface area contributed by atoms with Crippen LogP contribution < -0.4 is 0 Å². The Morgan fingerprint density at radius 2 is 2.06 bits per heavy atom. The number of hydrogen-bond donors (Lipinski definition) is 1. The highest BCUT2D eigenvalue weighted by Crippen LogP contribution is 2.17. The van der Waals surface area contributed by atoms with Gasteiger partial charge in [0.05, 0.1) is 6.54 Å². The Balaban J connectivity index is 2.59. The van der Waals surface area contributed by atoms with Crippen LogP contribution in [0.5, 0.6) is 0 Å². The van der Waals surface area contributed by atoms with Crippen LogP contribution in [0.15, 0.2) is 0 Å². The minimum Gasteiger partial charge on any atom is -0.480 e. The van der Waals surface area contributed by atoms with Gasteiger partial charge in [-0.25, -0.2) is 0 Å². The summed E-state index contributed by atoms with van der Waals surface area (Å²) in [6.45, 7) is 4.81. The largest absolute Gasteiger partial charge is 0.480 e. The summed E-state index contributed by atoms with van der Waals surface area (Å²) < 4.78 is 0. The molecule has 1 aliphatic heterocycles. The minimum atomic E-state index is -0.815. The summed E-state index contributed by atoms with van der Waals surface area (Å²) in [5.41, 5.74) is 0. The van der Waals surface area contributed by atoms with E-state index in [4.69, 9.17) is 5.11 Å². The lowest BCUT2D eigenvalue weighted by Crippen LogP contribution is -2.50. The fourth-order valence-corrected chi connectivity index (χ4v) is 2.03. The maximum absolute atomic E-state index is 11.9. The highest BCUT2D eigenvalue weighted by Gasteiger charge is 2.30. The van der Waals surface area contributed by atoms with Crippen molar-refractivity contribution < 1.29 is 14.7 Å². The lowest BCUT2D eigenvalue weighted by Gasteiger charge is -2.34. The lowest BCUT2D eigenvalue weighted by molar-refractivity contribution is -0.146. The number of rotatable bonds is 4. The van der Waals surface area contributed by atoms with Crippen molar-refractivity contribution in [3.63, 3.8) is 0 Å². The fourth-order valence-electron chi connectivity index (χ4n) is 2.03. The monoisotopic (exact) mass is 242 g/mol. The summed E-state index contributed by atoms with van der Waals surface area (Å²) in [4.78, 5) is 26.4. The van der Waals surface area contributed by atoms with Crippen molar-refractivity contribution in [2.45, 2.75) is 45.2 Å². The average Bonchev–Trinajstić information content (AvgIpc) is 2.28. The minimum absolute atomic E-state index is 0.00634. The zero-order valence-electron chi connectivity index (χ0n) is 10.8. The molecule has 1 saturated heterocycles. The Labute approximate surface area is 102 Å². The van der Waals surface area contributed by atoms with E-state index in [-0.39, 0.29) is 18.5 Å². The van der Waals surface area contributed by atoms with Gasteiger partial charge in [0.1, 0.15) is 6.04 Å². The number of amides is 1. The Morgan fingerprint density at radius 1 is 1.41 bits per heavy atom. The predicted molar refractivity (Wildman–Crippen MR) is 64.8 cm³/mol. The number of carbonyl (C=O) groups excluding carboxylic acids is 1. The van der Waals surface area contributed by atoms with E-state index in [1.54, 1.807) is 16.8 Å². The Kier molecular flexibility index (Phi) is 4.93. The molecule has 1 unspecified atom stereocenters. The summed E-state index contributed by atoms with van der Waals surface area (Å²) in [5.74, 6) is -0.821. The molecule has 0 aromatic heterocycles. The topological polar surface area (TPSA) is 60.9 Å². The number of aliphatic carboxylic acids is 1. The van der Waals surface area contributed by atoms with E-state index in [1.165, 1.54) is 0 Å². The lowest BCUT2D eigenvalue weighted by atomic mass is 10.0. The zero-order valence-corrected chi connectivity index (χ0v) is 10.8. The van der Waals surface area contributed by atoms with Crippen molar-refractivity contribution in [3.05, 3.63) is 0 Å². The summed E-state index contributed by atoms with van der Waals surface area (Å²) in [5, 5.41) is 9.10. The predicted octanol–water partition coefficient (Wildman–Crippen LogP) is 0.792. The van der Waals surface area contributed by atoms with Crippen LogP contribution >= 0.6 is 0 Å². The molecule has 5 heteroatoms. The standard InChI is InChI=1S/C12H22N2O3/c1-9(2)13(3)11(15)8-14-7-5-4-6-10(14)12(16)17/h9-10H,4-8H2,1-3H3,(H,16,17). The second-order valence-electron chi connectivity index (χ2n) is 4.92. The van der Waals surface area contributed by atoms with E-state index in [0.717, 1.165) is 12.8 Å². The van der Waals surface area contributed by atoms with Gasteiger partial charge in [0.2, 0.25) is 5.91 Å². The quantitative estimate of drug-likeness (QED) is 0.792. The number of carboxylic acid groups (broad SMARTS) is 1. The van der Waals surface area contributed by atoms with Crippen molar-refractivity contribution in [1.29, 1.82) is 0 Å². The van der Waals surface area contributed by atoms with Gasteiger partial charge in [-0.3, -0.25) is 14.5 Å². The zero-order chi connectivity index (χ0) is 13.0. The van der Waals surface area contributed by atoms with Crippen LogP contribution in [0.25, 0.3) is 0 Å². The summed E-state index contributed by atoms with van der Waals surface area (Å²) >= 11 is 0. The van der Waals surface area contributed by atoms with Gasteiger partial charge in [0.25, 0.3) is 0 Å². The number of likely N-dealkylation sites (tertiary alicyclic amines) is 1. The second kappa shape index (κ2) is 6.00. The molecule has 1 rings (SSSR count). The van der Waals surface area contributed by atoms with E-state index >= 15 is 0 Å². The Bertz CT molecular complexity index is 291. The number of nitrogens with zero attached hydrogens (tertiary/aromatic N) is 2. The Morgan fingerprint density at radius 3 is 2.59 bits per heavy atom. The maximum Gasteiger partial charge on any atom is 0.320 e. The molecule has 0 bridgehead atoms. The van der Waals surface area contributed by atoms with Gasteiger partial charge < -0.3 is 10.0 Å². The highest BCUT2D eigenvalue weighted by molar-refractivity contribution is 5.80. The first-order chi connectivity index (χ1) is 7.93. The van der Waals surface area contributed by atoms with Crippen LogP contribution in [0, 0.1) is 0 Å². The smallest absolute Gasteiger partial charge is 0.320 e. The molecule has 1 atom stereocenters. The van der Waals surface area contributed by atoms with E-state index in [9.17, 15) is 9.59 Å². The highest BCUT2D eigenvalue weighted by atomic mass is 16.4. The van der Waals surface area contributed by atoms with Gasteiger partial charge in [0.15, 0.2) is 0 Å². The average molecular weight is 242 g/mol. The van der Waals surface area contributed by atoms with Gasteiger partial charge in [-0.05, 0) is 33.2 Å². The number of piperidine rings is 1. The summed E-state index contributed by atoms with van der Waals surface area (Å²) in [6.07, 6.45) is 2.55. The SMILES string of the molecule is CC(C)N(C)C(=O)CN1CCCCC1C(=O)O. The number of carboxylic acids is 1. The molecule has 0 radical (unpaired) electrons. The van der Waals surface area contributed by atoms with Crippen LogP contribution in [0.2, 0.25) is 0 Å². The van der Waals surface area contributed by atoms with E-state index < -0.39 is 12.0 Å². The second-order valence-corrected chi connectivity index (χ2v) is 4.92. The first-order valence-electron chi connectivity index (χ1n) is 6.16. The first kappa shape index (κ1) is 14.0. The molecular formula is C12H22N2O3. The van der Waals surface area contributed by atoms with Crippen LogP contribution in [-0.2, 0) is 9.59 Å². The third-order valence-corrected chi connectivity index (χ3v) is 3.41. The molecule has 5 nitrogen and oxygen atoms in total. The van der Waals surface area contributed by atoms with Crippen molar-refractivity contribution in [3.8, 4) is 0 Å². The molecule has 0 aliphatic carbocycles. The van der Waals surface area contributed by atoms with E-state index in [1.807, 2.05) is 13.8 Å². The third kappa shape index (κ3) is 3.70. The number of hydrogen-bond acceptors (Lipinski definition) is 3. The van der Waals surface area contributed by atoms with Crippen LogP contribution in [-0.4, -0.2) is 59.0 Å². The molecule has 17 heavy (non-hydrogen) atoms. The molecule has 1 heterocycles. The van der Waals surface area contributed by atoms with E-state index in [0.29, 0.717) is 13.0 Å². The summed E-state index contributed by atoms with van der Waals surface area (Å²) in [7, 11) is 1.76. The first-order valence-corrected chi connectivity index (χ1v) is 6.16. The Hall–Kier alpha value is -1.10. The molecule has 0 spiro atoms. The molecule has 0 aromatic rings. The van der Waals surface area contributed by atoms with Gasteiger partial charge >= 0.3 is 5.97 Å².